The van der Waals surface area contributed by atoms with Gasteiger partial charge < -0.3 is 21.7 Å². The summed E-state index contributed by atoms with van der Waals surface area (Å²) < 4.78 is 0. The van der Waals surface area contributed by atoms with Crippen LogP contribution < -0.4 is 21.7 Å². The molecule has 1 atom stereocenters. The van der Waals surface area contributed by atoms with Crippen LogP contribution in [0.1, 0.15) is 32.4 Å². The number of rotatable bonds is 4. The van der Waals surface area contributed by atoms with Gasteiger partial charge in [0.15, 0.2) is 0 Å². The molecule has 0 radical (unpaired) electrons. The Balaban J connectivity index is 2.60. The largest absolute Gasteiger partial charge is 0.351 e. The van der Waals surface area contributed by atoms with E-state index in [2.05, 4.69) is 16.0 Å². The Labute approximate surface area is 112 Å². The number of primary amides is 1. The molecule has 1 unspecified atom stereocenters. The smallest absolute Gasteiger partial charge is 0.316 e. The van der Waals surface area contributed by atoms with Gasteiger partial charge in [0.05, 0.1) is 6.04 Å². The zero-order valence-electron chi connectivity index (χ0n) is 11.4. The van der Waals surface area contributed by atoms with Crippen molar-refractivity contribution in [1.29, 1.82) is 0 Å². The maximum Gasteiger partial charge on any atom is 0.316 e. The molecule has 4 amide bonds. The van der Waals surface area contributed by atoms with Gasteiger partial charge in [-0.15, -0.1) is 0 Å². The van der Waals surface area contributed by atoms with Crippen molar-refractivity contribution in [2.24, 2.45) is 5.73 Å². The van der Waals surface area contributed by atoms with Crippen LogP contribution in [-0.2, 0) is 0 Å². The quantitative estimate of drug-likeness (QED) is 0.668. The third-order valence-electron chi connectivity index (χ3n) is 2.45. The van der Waals surface area contributed by atoms with Gasteiger partial charge in [0, 0.05) is 11.7 Å². The molecular weight excluding hydrogens is 244 g/mol. The molecule has 19 heavy (non-hydrogen) atoms. The van der Waals surface area contributed by atoms with Crippen LogP contribution in [-0.4, -0.2) is 18.1 Å². The normalized spacial score (nSPS) is 11.8. The van der Waals surface area contributed by atoms with Gasteiger partial charge in [0.2, 0.25) is 0 Å². The van der Waals surface area contributed by atoms with Crippen LogP contribution >= 0.6 is 0 Å². The minimum atomic E-state index is -0.602. The first-order chi connectivity index (χ1) is 8.88. The monoisotopic (exact) mass is 264 g/mol. The van der Waals surface area contributed by atoms with E-state index in [1.165, 1.54) is 0 Å². The lowest BCUT2D eigenvalue weighted by molar-refractivity contribution is 0.235. The van der Waals surface area contributed by atoms with E-state index in [1.54, 1.807) is 12.1 Å². The molecule has 1 aromatic carbocycles. The molecule has 0 bridgehead atoms. The Bertz CT molecular complexity index is 442. The first kappa shape index (κ1) is 14.8. The Morgan fingerprint density at radius 1 is 1.05 bits per heavy atom. The van der Waals surface area contributed by atoms with Crippen LogP contribution in [0.2, 0.25) is 0 Å². The van der Waals surface area contributed by atoms with Crippen molar-refractivity contribution in [2.45, 2.75) is 32.9 Å². The summed E-state index contributed by atoms with van der Waals surface area (Å²) in [6.45, 7) is 5.68. The van der Waals surface area contributed by atoms with Gasteiger partial charge in [-0.2, -0.15) is 0 Å². The van der Waals surface area contributed by atoms with Crippen LogP contribution in [0, 0.1) is 0 Å². The summed E-state index contributed by atoms with van der Waals surface area (Å²) in [6, 6.07) is 6.28. The highest BCUT2D eigenvalue weighted by Gasteiger charge is 2.10. The van der Waals surface area contributed by atoms with Crippen molar-refractivity contribution in [2.75, 3.05) is 5.32 Å². The van der Waals surface area contributed by atoms with Gasteiger partial charge in [-0.25, -0.2) is 9.59 Å². The third kappa shape index (κ3) is 5.29. The second kappa shape index (κ2) is 6.63. The zero-order chi connectivity index (χ0) is 14.4. The fraction of sp³-hybridized carbons (Fsp3) is 0.385. The molecule has 1 aromatic rings. The summed E-state index contributed by atoms with van der Waals surface area (Å²) in [5.41, 5.74) is 6.58. The van der Waals surface area contributed by atoms with Crippen LogP contribution in [0.15, 0.2) is 24.3 Å². The number of anilines is 1. The van der Waals surface area contributed by atoms with E-state index >= 15 is 0 Å². The van der Waals surface area contributed by atoms with Crippen molar-refractivity contribution < 1.29 is 9.59 Å². The van der Waals surface area contributed by atoms with E-state index in [4.69, 9.17) is 5.73 Å². The number of hydrogen-bond donors (Lipinski definition) is 4. The lowest BCUT2D eigenvalue weighted by Gasteiger charge is -2.16. The molecule has 0 heterocycles. The predicted octanol–water partition coefficient (Wildman–Crippen LogP) is 1.95. The molecule has 6 heteroatoms. The number of hydrogen-bond acceptors (Lipinski definition) is 2. The second-order valence-electron chi connectivity index (χ2n) is 4.61. The minimum Gasteiger partial charge on any atom is -0.351 e. The Morgan fingerprint density at radius 3 is 2.11 bits per heavy atom. The summed E-state index contributed by atoms with van der Waals surface area (Å²) in [4.78, 5) is 22.2. The molecule has 0 aromatic heterocycles. The standard InChI is InChI=1S/C13H20N4O2/c1-8(2)15-13(19)16-9(3)10-4-6-11(7-5-10)17-12(14)18/h4-9H,1-3H3,(H3,14,17,18)(H2,15,16,19). The van der Waals surface area contributed by atoms with E-state index in [-0.39, 0.29) is 18.1 Å². The SMILES string of the molecule is CC(C)NC(=O)NC(C)c1ccc(NC(N)=O)cc1. The van der Waals surface area contributed by atoms with E-state index in [0.717, 1.165) is 5.56 Å². The summed E-state index contributed by atoms with van der Waals surface area (Å²) >= 11 is 0. The van der Waals surface area contributed by atoms with Crippen molar-refractivity contribution in [3.63, 3.8) is 0 Å². The van der Waals surface area contributed by atoms with E-state index in [1.807, 2.05) is 32.9 Å². The van der Waals surface area contributed by atoms with Gasteiger partial charge in [0.1, 0.15) is 0 Å². The summed E-state index contributed by atoms with van der Waals surface area (Å²) in [6.07, 6.45) is 0. The van der Waals surface area contributed by atoms with E-state index in [0.29, 0.717) is 5.69 Å². The van der Waals surface area contributed by atoms with Crippen LogP contribution in [0.4, 0.5) is 15.3 Å². The first-order valence-corrected chi connectivity index (χ1v) is 6.12. The summed E-state index contributed by atoms with van der Waals surface area (Å²) in [5.74, 6) is 0. The zero-order valence-corrected chi connectivity index (χ0v) is 11.4. The number of urea groups is 2. The van der Waals surface area contributed by atoms with Crippen LogP contribution in [0.25, 0.3) is 0 Å². The average Bonchev–Trinajstić information content (AvgIpc) is 2.27. The number of amides is 4. The van der Waals surface area contributed by atoms with E-state index in [9.17, 15) is 9.59 Å². The van der Waals surface area contributed by atoms with Gasteiger partial charge >= 0.3 is 12.1 Å². The molecule has 0 aliphatic rings. The molecule has 1 rings (SSSR count). The van der Waals surface area contributed by atoms with Crippen molar-refractivity contribution in [1.82, 2.24) is 10.6 Å². The number of carbonyl (C=O) groups is 2. The molecule has 0 aliphatic carbocycles. The molecule has 5 N–H and O–H groups in total. The molecule has 0 fully saturated rings. The highest BCUT2D eigenvalue weighted by Crippen LogP contribution is 2.15. The third-order valence-corrected chi connectivity index (χ3v) is 2.45. The molecule has 0 spiro atoms. The fourth-order valence-corrected chi connectivity index (χ4v) is 1.58. The lowest BCUT2D eigenvalue weighted by atomic mass is 10.1. The van der Waals surface area contributed by atoms with Gasteiger partial charge in [-0.3, -0.25) is 0 Å². The van der Waals surface area contributed by atoms with Gasteiger partial charge in [-0.05, 0) is 38.5 Å². The fourth-order valence-electron chi connectivity index (χ4n) is 1.58. The molecule has 104 valence electrons. The topological polar surface area (TPSA) is 96.2 Å². The van der Waals surface area contributed by atoms with Crippen LogP contribution in [0.5, 0.6) is 0 Å². The lowest BCUT2D eigenvalue weighted by Crippen LogP contribution is -2.40. The number of nitrogens with two attached hydrogens (primary N) is 1. The average molecular weight is 264 g/mol. The highest BCUT2D eigenvalue weighted by atomic mass is 16.2. The molecular formula is C13H20N4O2. The Kier molecular flexibility index (Phi) is 5.17. The van der Waals surface area contributed by atoms with Crippen molar-refractivity contribution in [3.05, 3.63) is 29.8 Å². The number of nitrogens with one attached hydrogen (secondary N) is 3. The Morgan fingerprint density at radius 2 is 1.63 bits per heavy atom. The Hall–Kier alpha value is -2.24. The minimum absolute atomic E-state index is 0.0920. The number of benzene rings is 1. The summed E-state index contributed by atoms with van der Waals surface area (Å²) in [5, 5.41) is 8.06. The molecule has 0 saturated heterocycles. The number of carbonyl (C=O) groups excluding carboxylic acids is 2. The van der Waals surface area contributed by atoms with E-state index < -0.39 is 6.03 Å². The predicted molar refractivity (Wildman–Crippen MR) is 74.9 cm³/mol. The van der Waals surface area contributed by atoms with Crippen molar-refractivity contribution >= 4 is 17.7 Å². The van der Waals surface area contributed by atoms with Crippen LogP contribution in [0.3, 0.4) is 0 Å². The molecule has 0 saturated carbocycles. The summed E-state index contributed by atoms with van der Waals surface area (Å²) in [7, 11) is 0. The maximum atomic E-state index is 11.6. The maximum absolute atomic E-state index is 11.6. The van der Waals surface area contributed by atoms with Gasteiger partial charge in [0.25, 0.3) is 0 Å². The molecule has 0 aliphatic heterocycles. The molecule has 6 nitrogen and oxygen atoms in total. The van der Waals surface area contributed by atoms with Gasteiger partial charge in [-0.1, -0.05) is 12.1 Å². The second-order valence-corrected chi connectivity index (χ2v) is 4.61. The highest BCUT2D eigenvalue weighted by molar-refractivity contribution is 5.87. The van der Waals surface area contributed by atoms with Crippen molar-refractivity contribution in [3.8, 4) is 0 Å². The first-order valence-electron chi connectivity index (χ1n) is 6.12.